The molecule has 1 unspecified atom stereocenters. The summed E-state index contributed by atoms with van der Waals surface area (Å²) in [5, 5.41) is 3.32. The zero-order chi connectivity index (χ0) is 13.8. The summed E-state index contributed by atoms with van der Waals surface area (Å²) in [6.45, 7) is 3.90. The third-order valence-electron chi connectivity index (χ3n) is 4.20. The monoisotopic (exact) mass is 310 g/mol. The van der Waals surface area contributed by atoms with Crippen molar-refractivity contribution in [1.82, 2.24) is 10.2 Å². The van der Waals surface area contributed by atoms with Gasteiger partial charge in [0.1, 0.15) is 6.10 Å². The molecule has 2 saturated heterocycles. The molecule has 116 valence electrons. The molecule has 2 aliphatic heterocycles. The van der Waals surface area contributed by atoms with Gasteiger partial charge >= 0.3 is 0 Å². The number of halogens is 1. The molecule has 1 amide bonds. The first-order chi connectivity index (χ1) is 9.84. The summed E-state index contributed by atoms with van der Waals surface area (Å²) in [6, 6.07) is 10.2. The van der Waals surface area contributed by atoms with Gasteiger partial charge in [-0.25, -0.2) is 0 Å². The molecule has 1 N–H and O–H groups in total. The van der Waals surface area contributed by atoms with E-state index in [1.807, 2.05) is 23.1 Å². The second-order valence-corrected chi connectivity index (χ2v) is 5.60. The lowest BCUT2D eigenvalue weighted by Crippen LogP contribution is -2.48. The van der Waals surface area contributed by atoms with Crippen LogP contribution in [0.4, 0.5) is 0 Å². The molecular weight excluding hydrogens is 288 g/mol. The van der Waals surface area contributed by atoms with Crippen molar-refractivity contribution in [2.24, 2.45) is 5.92 Å². The van der Waals surface area contributed by atoms with E-state index in [4.69, 9.17) is 4.74 Å². The molecule has 0 aromatic heterocycles. The van der Waals surface area contributed by atoms with Crippen molar-refractivity contribution in [1.29, 1.82) is 0 Å². The summed E-state index contributed by atoms with van der Waals surface area (Å²) in [5.74, 6) is 0.444. The van der Waals surface area contributed by atoms with Crippen molar-refractivity contribution < 1.29 is 9.53 Å². The van der Waals surface area contributed by atoms with Crippen LogP contribution >= 0.6 is 12.4 Å². The highest BCUT2D eigenvalue weighted by Crippen LogP contribution is 2.24. The van der Waals surface area contributed by atoms with E-state index in [0.717, 1.165) is 38.0 Å². The van der Waals surface area contributed by atoms with Crippen LogP contribution in [0.2, 0.25) is 0 Å². The maximum atomic E-state index is 12.6. The highest BCUT2D eigenvalue weighted by molar-refractivity contribution is 5.85. The van der Waals surface area contributed by atoms with E-state index in [9.17, 15) is 4.79 Å². The third-order valence-corrected chi connectivity index (χ3v) is 4.20. The Morgan fingerprint density at radius 3 is 2.81 bits per heavy atom. The van der Waals surface area contributed by atoms with Gasteiger partial charge in [-0.15, -0.1) is 12.4 Å². The maximum Gasteiger partial charge on any atom is 0.227 e. The normalized spacial score (nSPS) is 26.0. The average Bonchev–Trinajstić information content (AvgIpc) is 2.56. The molecule has 4 nitrogen and oxygen atoms in total. The first kappa shape index (κ1) is 16.3. The molecule has 2 aliphatic rings. The van der Waals surface area contributed by atoms with E-state index in [-0.39, 0.29) is 24.4 Å². The van der Waals surface area contributed by atoms with Crippen LogP contribution in [0, 0.1) is 5.92 Å². The molecule has 0 radical (unpaired) electrons. The minimum Gasteiger partial charge on any atom is -0.370 e. The molecule has 2 atom stereocenters. The van der Waals surface area contributed by atoms with Gasteiger partial charge in [-0.1, -0.05) is 30.3 Å². The molecule has 0 spiro atoms. The minimum absolute atomic E-state index is 0. The number of carbonyl (C=O) groups is 1. The molecular formula is C16H23ClN2O2. The molecule has 0 saturated carbocycles. The van der Waals surface area contributed by atoms with Crippen LogP contribution in [0.3, 0.4) is 0 Å². The Balaban J connectivity index is 0.00000161. The topological polar surface area (TPSA) is 41.6 Å². The van der Waals surface area contributed by atoms with Gasteiger partial charge < -0.3 is 15.0 Å². The Bertz CT molecular complexity index is 449. The van der Waals surface area contributed by atoms with Crippen LogP contribution in [-0.2, 0) is 9.53 Å². The number of hydrogen-bond acceptors (Lipinski definition) is 3. The molecule has 21 heavy (non-hydrogen) atoms. The lowest BCUT2D eigenvalue weighted by molar-refractivity contribution is -0.143. The molecule has 0 aliphatic carbocycles. The fourth-order valence-corrected chi connectivity index (χ4v) is 3.04. The van der Waals surface area contributed by atoms with Gasteiger partial charge in [0.2, 0.25) is 5.91 Å². The Hall–Kier alpha value is -1.10. The molecule has 3 rings (SSSR count). The first-order valence-corrected chi connectivity index (χ1v) is 7.50. The van der Waals surface area contributed by atoms with Crippen LogP contribution < -0.4 is 5.32 Å². The smallest absolute Gasteiger partial charge is 0.227 e. The second-order valence-electron chi connectivity index (χ2n) is 5.60. The number of ether oxygens (including phenoxy) is 1. The van der Waals surface area contributed by atoms with Crippen molar-refractivity contribution in [3.63, 3.8) is 0 Å². The van der Waals surface area contributed by atoms with E-state index in [0.29, 0.717) is 19.1 Å². The zero-order valence-electron chi connectivity index (χ0n) is 12.2. The van der Waals surface area contributed by atoms with Crippen molar-refractivity contribution in [3.05, 3.63) is 35.9 Å². The number of rotatable bonds is 2. The van der Waals surface area contributed by atoms with E-state index < -0.39 is 0 Å². The van der Waals surface area contributed by atoms with E-state index in [2.05, 4.69) is 17.4 Å². The van der Waals surface area contributed by atoms with Gasteiger partial charge in [0.25, 0.3) is 0 Å². The largest absolute Gasteiger partial charge is 0.370 e. The molecule has 2 fully saturated rings. The summed E-state index contributed by atoms with van der Waals surface area (Å²) in [6.07, 6.45) is 2.13. The molecule has 1 aromatic carbocycles. The third kappa shape index (κ3) is 3.96. The highest BCUT2D eigenvalue weighted by Gasteiger charge is 2.30. The van der Waals surface area contributed by atoms with Gasteiger partial charge in [-0.3, -0.25) is 4.79 Å². The van der Waals surface area contributed by atoms with Crippen molar-refractivity contribution in [3.8, 4) is 0 Å². The van der Waals surface area contributed by atoms with Gasteiger partial charge in [0, 0.05) is 13.1 Å². The summed E-state index contributed by atoms with van der Waals surface area (Å²) in [4.78, 5) is 14.5. The highest BCUT2D eigenvalue weighted by atomic mass is 35.5. The van der Waals surface area contributed by atoms with Crippen molar-refractivity contribution in [2.75, 3.05) is 32.8 Å². The van der Waals surface area contributed by atoms with Gasteiger partial charge in [-0.05, 0) is 24.9 Å². The van der Waals surface area contributed by atoms with Crippen LogP contribution in [0.1, 0.15) is 24.5 Å². The quantitative estimate of drug-likeness (QED) is 0.908. The SMILES string of the molecule is Cl.O=C([C@@H]1CCCNC1)N1CCOC(c2ccccc2)C1. The fraction of sp³-hybridized carbons (Fsp3) is 0.562. The second kappa shape index (κ2) is 7.78. The number of amides is 1. The summed E-state index contributed by atoms with van der Waals surface area (Å²) < 4.78 is 5.82. The summed E-state index contributed by atoms with van der Waals surface area (Å²) >= 11 is 0. The van der Waals surface area contributed by atoms with Gasteiger partial charge in [0.15, 0.2) is 0 Å². The van der Waals surface area contributed by atoms with E-state index in [1.54, 1.807) is 0 Å². The van der Waals surface area contributed by atoms with Crippen LogP contribution in [0.15, 0.2) is 30.3 Å². The Morgan fingerprint density at radius 1 is 1.29 bits per heavy atom. The Morgan fingerprint density at radius 2 is 2.10 bits per heavy atom. The van der Waals surface area contributed by atoms with Crippen LogP contribution in [-0.4, -0.2) is 43.6 Å². The summed E-state index contributed by atoms with van der Waals surface area (Å²) in [5.41, 5.74) is 1.16. The van der Waals surface area contributed by atoms with E-state index >= 15 is 0 Å². The lowest BCUT2D eigenvalue weighted by Gasteiger charge is -2.36. The number of morpholine rings is 1. The minimum atomic E-state index is 0. The number of benzene rings is 1. The predicted molar refractivity (Wildman–Crippen MR) is 84.6 cm³/mol. The number of piperidine rings is 1. The number of carbonyl (C=O) groups excluding carboxylic acids is 1. The summed E-state index contributed by atoms with van der Waals surface area (Å²) in [7, 11) is 0. The molecule has 5 heteroatoms. The van der Waals surface area contributed by atoms with Gasteiger partial charge in [0.05, 0.1) is 19.1 Å². The predicted octanol–water partition coefficient (Wildman–Crippen LogP) is 2.01. The number of hydrogen-bond donors (Lipinski definition) is 1. The Kier molecular flexibility index (Phi) is 6.03. The Labute approximate surface area is 132 Å². The molecule has 1 aromatic rings. The average molecular weight is 311 g/mol. The molecule has 0 bridgehead atoms. The molecule has 2 heterocycles. The maximum absolute atomic E-state index is 12.6. The van der Waals surface area contributed by atoms with Crippen molar-refractivity contribution >= 4 is 18.3 Å². The number of nitrogens with one attached hydrogen (secondary N) is 1. The van der Waals surface area contributed by atoms with E-state index in [1.165, 1.54) is 0 Å². The number of nitrogens with zero attached hydrogens (tertiary/aromatic N) is 1. The standard InChI is InChI=1S/C16H22N2O2.ClH/c19-16(14-7-4-8-17-11-14)18-9-10-20-15(12-18)13-5-2-1-3-6-13;/h1-3,5-6,14-15,17H,4,7-12H2;1H/t14-,15?;/m1./s1. The first-order valence-electron chi connectivity index (χ1n) is 7.50. The zero-order valence-corrected chi connectivity index (χ0v) is 13.0. The van der Waals surface area contributed by atoms with Crippen LogP contribution in [0.25, 0.3) is 0 Å². The van der Waals surface area contributed by atoms with Gasteiger partial charge in [-0.2, -0.15) is 0 Å². The van der Waals surface area contributed by atoms with Crippen molar-refractivity contribution in [2.45, 2.75) is 18.9 Å². The fourth-order valence-electron chi connectivity index (χ4n) is 3.04. The van der Waals surface area contributed by atoms with Crippen LogP contribution in [0.5, 0.6) is 0 Å². The lowest BCUT2D eigenvalue weighted by atomic mass is 9.97.